The molecule has 1 aliphatic rings. The minimum absolute atomic E-state index is 0.00932. The monoisotopic (exact) mass is 409 g/mol. The molecule has 2 aromatic rings. The number of likely N-dealkylation sites (tertiary alicyclic amines) is 1. The van der Waals surface area contributed by atoms with Crippen molar-refractivity contribution in [1.82, 2.24) is 14.8 Å². The topological polar surface area (TPSA) is 100 Å². The van der Waals surface area contributed by atoms with Crippen LogP contribution in [0, 0.1) is 0 Å². The average Bonchev–Trinajstić information content (AvgIpc) is 2.96. The molecule has 8 nitrogen and oxygen atoms in total. The van der Waals surface area contributed by atoms with Gasteiger partial charge >= 0.3 is 5.97 Å². The summed E-state index contributed by atoms with van der Waals surface area (Å²) in [7, 11) is 3.73. The predicted molar refractivity (Wildman–Crippen MR) is 110 cm³/mol. The SMILES string of the molecule is CC(=O)Oc1cccc(C2/C(=C(/O)c3ccncc3)C(=O)C(=O)N2CCN(C)C)c1. The molecule has 1 saturated heterocycles. The van der Waals surface area contributed by atoms with Gasteiger partial charge in [-0.2, -0.15) is 0 Å². The van der Waals surface area contributed by atoms with E-state index in [-0.39, 0.29) is 17.9 Å². The highest BCUT2D eigenvalue weighted by Gasteiger charge is 2.46. The van der Waals surface area contributed by atoms with Gasteiger partial charge in [0.05, 0.1) is 11.6 Å². The fraction of sp³-hybridized carbons (Fsp3) is 0.273. The summed E-state index contributed by atoms with van der Waals surface area (Å²) in [5.41, 5.74) is 0.934. The molecule has 1 atom stereocenters. The summed E-state index contributed by atoms with van der Waals surface area (Å²) < 4.78 is 5.16. The van der Waals surface area contributed by atoms with Crippen molar-refractivity contribution in [3.8, 4) is 5.75 Å². The van der Waals surface area contributed by atoms with Crippen LogP contribution in [0.4, 0.5) is 0 Å². The zero-order valence-electron chi connectivity index (χ0n) is 17.0. The van der Waals surface area contributed by atoms with Gasteiger partial charge in [0.1, 0.15) is 11.5 Å². The van der Waals surface area contributed by atoms with E-state index in [2.05, 4.69) is 4.98 Å². The predicted octanol–water partition coefficient (Wildman–Crippen LogP) is 1.99. The lowest BCUT2D eigenvalue weighted by Crippen LogP contribution is -2.35. The maximum absolute atomic E-state index is 12.9. The summed E-state index contributed by atoms with van der Waals surface area (Å²) in [5, 5.41) is 10.9. The van der Waals surface area contributed by atoms with Gasteiger partial charge in [0.2, 0.25) is 0 Å². The molecule has 8 heteroatoms. The second kappa shape index (κ2) is 8.87. The van der Waals surface area contributed by atoms with Crippen molar-refractivity contribution in [2.24, 2.45) is 0 Å². The molecule has 30 heavy (non-hydrogen) atoms. The number of hydrogen-bond donors (Lipinski definition) is 1. The molecule has 1 fully saturated rings. The van der Waals surface area contributed by atoms with E-state index in [9.17, 15) is 19.5 Å². The van der Waals surface area contributed by atoms with Crippen LogP contribution in [0.3, 0.4) is 0 Å². The number of hydrogen-bond acceptors (Lipinski definition) is 7. The van der Waals surface area contributed by atoms with Gasteiger partial charge in [0.25, 0.3) is 11.7 Å². The number of pyridine rings is 1. The number of esters is 1. The van der Waals surface area contributed by atoms with Crippen LogP contribution in [0.1, 0.15) is 24.1 Å². The molecule has 1 amide bonds. The number of rotatable bonds is 6. The van der Waals surface area contributed by atoms with Crippen LogP contribution >= 0.6 is 0 Å². The van der Waals surface area contributed by atoms with E-state index >= 15 is 0 Å². The number of aliphatic hydroxyl groups excluding tert-OH is 1. The molecule has 1 N–H and O–H groups in total. The Hall–Kier alpha value is -3.52. The maximum Gasteiger partial charge on any atom is 0.308 e. The third-order valence-corrected chi connectivity index (χ3v) is 4.72. The maximum atomic E-state index is 12.9. The van der Waals surface area contributed by atoms with Crippen molar-refractivity contribution in [3.05, 3.63) is 65.5 Å². The molecular formula is C22H23N3O5. The third kappa shape index (κ3) is 4.38. The number of carbonyl (C=O) groups excluding carboxylic acids is 3. The molecule has 0 bridgehead atoms. The summed E-state index contributed by atoms with van der Waals surface area (Å²) in [6.45, 7) is 2.11. The molecule has 0 aliphatic carbocycles. The van der Waals surface area contributed by atoms with E-state index in [0.717, 1.165) is 0 Å². The van der Waals surface area contributed by atoms with E-state index in [0.29, 0.717) is 23.4 Å². The Morgan fingerprint density at radius 1 is 1.20 bits per heavy atom. The molecule has 1 unspecified atom stereocenters. The van der Waals surface area contributed by atoms with Crippen LogP contribution in [0.25, 0.3) is 5.76 Å². The quantitative estimate of drug-likeness (QED) is 0.256. The first-order chi connectivity index (χ1) is 14.3. The van der Waals surface area contributed by atoms with Gasteiger partial charge in [-0.15, -0.1) is 0 Å². The van der Waals surface area contributed by atoms with Crippen LogP contribution in [0.2, 0.25) is 0 Å². The second-order valence-corrected chi connectivity index (χ2v) is 7.20. The van der Waals surface area contributed by atoms with Crippen LogP contribution in [0.5, 0.6) is 5.75 Å². The molecule has 0 saturated carbocycles. The molecular weight excluding hydrogens is 386 g/mol. The van der Waals surface area contributed by atoms with E-state index in [1.807, 2.05) is 19.0 Å². The second-order valence-electron chi connectivity index (χ2n) is 7.20. The summed E-state index contributed by atoms with van der Waals surface area (Å²) in [5.74, 6) is -1.90. The van der Waals surface area contributed by atoms with Gasteiger partial charge < -0.3 is 19.6 Å². The van der Waals surface area contributed by atoms with Crippen LogP contribution in [0.15, 0.2) is 54.4 Å². The lowest BCUT2D eigenvalue weighted by atomic mass is 9.95. The number of benzene rings is 1. The van der Waals surface area contributed by atoms with Crippen molar-refractivity contribution >= 4 is 23.4 Å². The Kier molecular flexibility index (Phi) is 6.27. The Morgan fingerprint density at radius 2 is 1.90 bits per heavy atom. The van der Waals surface area contributed by atoms with Gasteiger partial charge in [-0.25, -0.2) is 0 Å². The lowest BCUT2D eigenvalue weighted by molar-refractivity contribution is -0.140. The zero-order chi connectivity index (χ0) is 21.8. The molecule has 1 aromatic carbocycles. The number of aromatic nitrogens is 1. The first-order valence-corrected chi connectivity index (χ1v) is 9.41. The minimum atomic E-state index is -0.811. The van der Waals surface area contributed by atoms with Crippen molar-refractivity contribution in [2.45, 2.75) is 13.0 Å². The van der Waals surface area contributed by atoms with E-state index in [4.69, 9.17) is 4.74 Å². The molecule has 1 aliphatic heterocycles. The standard InChI is InChI=1S/C22H23N3O5/c1-14(26)30-17-6-4-5-16(13-17)19-18(20(27)15-7-9-23-10-8-15)21(28)22(29)25(19)12-11-24(2)3/h4-10,13,19,27H,11-12H2,1-3H3/b20-18-. The van der Waals surface area contributed by atoms with E-state index in [1.54, 1.807) is 36.4 Å². The number of ether oxygens (including phenoxy) is 1. The fourth-order valence-electron chi connectivity index (χ4n) is 3.34. The van der Waals surface area contributed by atoms with Gasteiger partial charge in [-0.1, -0.05) is 12.1 Å². The van der Waals surface area contributed by atoms with E-state index in [1.165, 1.54) is 24.2 Å². The molecule has 156 valence electrons. The van der Waals surface area contributed by atoms with Crippen molar-refractivity contribution in [1.29, 1.82) is 0 Å². The molecule has 2 heterocycles. The normalized spacial score (nSPS) is 18.1. The van der Waals surface area contributed by atoms with Crippen molar-refractivity contribution in [2.75, 3.05) is 27.2 Å². The Morgan fingerprint density at radius 3 is 2.53 bits per heavy atom. The number of aliphatic hydroxyl groups is 1. The Balaban J connectivity index is 2.14. The number of carbonyl (C=O) groups is 3. The third-order valence-electron chi connectivity index (χ3n) is 4.72. The average molecular weight is 409 g/mol. The highest BCUT2D eigenvalue weighted by molar-refractivity contribution is 6.46. The molecule has 0 spiro atoms. The molecule has 0 radical (unpaired) electrons. The summed E-state index contributed by atoms with van der Waals surface area (Å²) in [6, 6.07) is 8.93. The van der Waals surface area contributed by atoms with Crippen molar-refractivity contribution in [3.63, 3.8) is 0 Å². The minimum Gasteiger partial charge on any atom is -0.507 e. The number of nitrogens with zero attached hydrogens (tertiary/aromatic N) is 3. The number of likely N-dealkylation sites (N-methyl/N-ethyl adjacent to an activating group) is 1. The van der Waals surface area contributed by atoms with E-state index < -0.39 is 23.7 Å². The largest absolute Gasteiger partial charge is 0.507 e. The number of ketones is 1. The summed E-state index contributed by atoms with van der Waals surface area (Å²) in [6.07, 6.45) is 2.99. The first-order valence-electron chi connectivity index (χ1n) is 9.41. The first kappa shape index (κ1) is 21.2. The highest BCUT2D eigenvalue weighted by atomic mass is 16.5. The highest BCUT2D eigenvalue weighted by Crippen LogP contribution is 2.40. The van der Waals surface area contributed by atoms with Gasteiger partial charge in [0.15, 0.2) is 0 Å². The zero-order valence-corrected chi connectivity index (χ0v) is 17.0. The fourth-order valence-corrected chi connectivity index (χ4v) is 3.34. The van der Waals surface area contributed by atoms with Gasteiger partial charge in [-0.3, -0.25) is 19.4 Å². The summed E-state index contributed by atoms with van der Waals surface area (Å²) in [4.78, 5) is 44.3. The number of amides is 1. The van der Waals surface area contributed by atoms with Crippen LogP contribution in [-0.2, 0) is 14.4 Å². The summed E-state index contributed by atoms with van der Waals surface area (Å²) >= 11 is 0. The van der Waals surface area contributed by atoms with Crippen LogP contribution in [-0.4, -0.2) is 64.7 Å². The smallest absolute Gasteiger partial charge is 0.308 e. The Labute approximate surface area is 174 Å². The van der Waals surface area contributed by atoms with Crippen molar-refractivity contribution < 1.29 is 24.2 Å². The lowest BCUT2D eigenvalue weighted by Gasteiger charge is -2.26. The molecule has 1 aromatic heterocycles. The van der Waals surface area contributed by atoms with Gasteiger partial charge in [0, 0.05) is 38.0 Å². The molecule has 3 rings (SSSR count). The number of Topliss-reactive ketones (excluding diaryl/α,β-unsaturated/α-hetero) is 1. The van der Waals surface area contributed by atoms with Crippen LogP contribution < -0.4 is 4.74 Å². The van der Waals surface area contributed by atoms with Gasteiger partial charge in [-0.05, 0) is 43.9 Å². The Bertz CT molecular complexity index is 1000.